The van der Waals surface area contributed by atoms with Crippen LogP contribution >= 0.6 is 0 Å². The van der Waals surface area contributed by atoms with Crippen LogP contribution in [0.5, 0.6) is 5.75 Å². The average molecular weight is 561 g/mol. The number of ether oxygens (including phenoxy) is 3. The summed E-state index contributed by atoms with van der Waals surface area (Å²) in [6, 6.07) is 15.4. The van der Waals surface area contributed by atoms with Gasteiger partial charge in [-0.25, -0.2) is 4.79 Å². The zero-order valence-electron chi connectivity index (χ0n) is 24.8. The van der Waals surface area contributed by atoms with E-state index in [1.54, 1.807) is 21.0 Å². The van der Waals surface area contributed by atoms with E-state index in [1.807, 2.05) is 55.5 Å². The molecule has 0 amide bonds. The minimum atomic E-state index is -1.05. The lowest BCUT2D eigenvalue weighted by molar-refractivity contribution is -0.152. The molecule has 3 atom stereocenters. The molecular weight excluding hydrogens is 520 g/mol. The summed E-state index contributed by atoms with van der Waals surface area (Å²) in [5, 5.41) is 3.35. The third-order valence-corrected chi connectivity index (χ3v) is 7.95. The first kappa shape index (κ1) is 29.9. The van der Waals surface area contributed by atoms with E-state index in [0.29, 0.717) is 34.7 Å². The molecule has 2 aromatic carbocycles. The molecule has 4 rings (SSSR count). The molecule has 2 aromatic rings. The van der Waals surface area contributed by atoms with Gasteiger partial charge in [0.05, 0.1) is 25.9 Å². The van der Waals surface area contributed by atoms with Gasteiger partial charge in [0.15, 0.2) is 5.78 Å². The van der Waals surface area contributed by atoms with Crippen molar-refractivity contribution in [1.29, 1.82) is 0 Å². The molecule has 0 aromatic heterocycles. The quantitative estimate of drug-likeness (QED) is 0.311. The van der Waals surface area contributed by atoms with Gasteiger partial charge in [-0.15, -0.1) is 0 Å². The zero-order valence-corrected chi connectivity index (χ0v) is 24.8. The van der Waals surface area contributed by atoms with Crippen LogP contribution in [0, 0.1) is 5.92 Å². The van der Waals surface area contributed by atoms with Gasteiger partial charge in [-0.3, -0.25) is 9.59 Å². The molecule has 1 aliphatic heterocycles. The van der Waals surface area contributed by atoms with Crippen LogP contribution in [-0.2, 0) is 23.9 Å². The maximum atomic E-state index is 14.5. The van der Waals surface area contributed by atoms with Crippen LogP contribution < -0.4 is 15.0 Å². The Morgan fingerprint density at radius 1 is 0.902 bits per heavy atom. The van der Waals surface area contributed by atoms with Gasteiger partial charge in [0.25, 0.3) is 0 Å². The number of hydrogen-bond donors (Lipinski definition) is 1. The van der Waals surface area contributed by atoms with E-state index in [1.165, 1.54) is 0 Å². The topological polar surface area (TPSA) is 94.2 Å². The maximum absolute atomic E-state index is 14.5. The molecular formula is C33H40N2O6. The maximum Gasteiger partial charge on any atom is 0.336 e. The van der Waals surface area contributed by atoms with E-state index < -0.39 is 29.7 Å². The summed E-state index contributed by atoms with van der Waals surface area (Å²) >= 11 is 0. The number of benzene rings is 2. The second-order valence-electron chi connectivity index (χ2n) is 10.2. The number of hydrogen-bond acceptors (Lipinski definition) is 8. The van der Waals surface area contributed by atoms with Crippen LogP contribution in [0.15, 0.2) is 71.1 Å². The number of nitrogens with zero attached hydrogens (tertiary/aromatic N) is 1. The third kappa shape index (κ3) is 5.87. The molecule has 0 bridgehead atoms. The Labute approximate surface area is 242 Å². The molecule has 0 saturated heterocycles. The Morgan fingerprint density at radius 3 is 2.07 bits per heavy atom. The van der Waals surface area contributed by atoms with Crippen molar-refractivity contribution in [2.45, 2.75) is 52.9 Å². The summed E-state index contributed by atoms with van der Waals surface area (Å²) in [7, 11) is 1.59. The molecule has 8 nitrogen and oxygen atoms in total. The minimum Gasteiger partial charge on any atom is -0.497 e. The van der Waals surface area contributed by atoms with Crippen molar-refractivity contribution >= 4 is 23.4 Å². The van der Waals surface area contributed by atoms with Crippen LogP contribution in [0.2, 0.25) is 0 Å². The Hall–Kier alpha value is -4.07. The van der Waals surface area contributed by atoms with Gasteiger partial charge in [0.1, 0.15) is 11.7 Å². The van der Waals surface area contributed by atoms with Crippen LogP contribution in [0.25, 0.3) is 0 Å². The highest BCUT2D eigenvalue weighted by molar-refractivity contribution is 6.13. The second kappa shape index (κ2) is 13.1. The van der Waals surface area contributed by atoms with Crippen molar-refractivity contribution in [3.05, 3.63) is 82.2 Å². The van der Waals surface area contributed by atoms with Crippen LogP contribution in [-0.4, -0.2) is 51.1 Å². The molecule has 2 aliphatic rings. The van der Waals surface area contributed by atoms with Gasteiger partial charge in [-0.1, -0.05) is 24.3 Å². The highest BCUT2D eigenvalue weighted by atomic mass is 16.5. The fourth-order valence-electron chi connectivity index (χ4n) is 5.98. The van der Waals surface area contributed by atoms with E-state index >= 15 is 0 Å². The Kier molecular flexibility index (Phi) is 9.53. The van der Waals surface area contributed by atoms with Gasteiger partial charge in [0, 0.05) is 47.6 Å². The number of carbonyl (C=O) groups excluding carboxylic acids is 3. The highest BCUT2D eigenvalue weighted by Crippen LogP contribution is 2.48. The molecule has 0 fully saturated rings. The summed E-state index contributed by atoms with van der Waals surface area (Å²) in [6.45, 7) is 11.6. The number of anilines is 1. The van der Waals surface area contributed by atoms with Crippen LogP contribution in [0.4, 0.5) is 5.69 Å². The van der Waals surface area contributed by atoms with E-state index in [2.05, 4.69) is 24.1 Å². The molecule has 0 spiro atoms. The molecule has 0 saturated carbocycles. The van der Waals surface area contributed by atoms with Gasteiger partial charge in [-0.2, -0.15) is 0 Å². The lowest BCUT2D eigenvalue weighted by atomic mass is 9.67. The van der Waals surface area contributed by atoms with Crippen molar-refractivity contribution in [3.8, 4) is 5.75 Å². The fraction of sp³-hybridized carbons (Fsp3) is 0.424. The van der Waals surface area contributed by atoms with Crippen molar-refractivity contribution in [2.75, 3.05) is 38.3 Å². The van der Waals surface area contributed by atoms with Crippen molar-refractivity contribution in [2.24, 2.45) is 5.92 Å². The number of rotatable bonds is 10. The largest absolute Gasteiger partial charge is 0.497 e. The number of Topliss-reactive ketones (excluding diaryl/α,β-unsaturated/α-hetero) is 1. The first-order valence-electron chi connectivity index (χ1n) is 14.4. The monoisotopic (exact) mass is 560 g/mol. The fourth-order valence-corrected chi connectivity index (χ4v) is 5.98. The average Bonchev–Trinajstić information content (AvgIpc) is 2.97. The molecule has 1 aliphatic carbocycles. The minimum absolute atomic E-state index is 0.158. The molecule has 0 unspecified atom stereocenters. The van der Waals surface area contributed by atoms with E-state index in [4.69, 9.17) is 14.2 Å². The Balaban J connectivity index is 1.87. The van der Waals surface area contributed by atoms with E-state index in [-0.39, 0.29) is 19.0 Å². The molecule has 8 heteroatoms. The predicted octanol–water partition coefficient (Wildman–Crippen LogP) is 5.26. The number of methoxy groups -OCH3 is 1. The van der Waals surface area contributed by atoms with Gasteiger partial charge in [0.2, 0.25) is 0 Å². The van der Waals surface area contributed by atoms with Gasteiger partial charge in [-0.05, 0) is 76.4 Å². The first-order chi connectivity index (χ1) is 19.8. The number of dihydropyridines is 1. The van der Waals surface area contributed by atoms with E-state index in [9.17, 15) is 14.4 Å². The highest BCUT2D eigenvalue weighted by Gasteiger charge is 2.49. The van der Waals surface area contributed by atoms with Crippen molar-refractivity contribution in [3.63, 3.8) is 0 Å². The number of allylic oxidation sites excluding steroid dienone is 3. The number of carbonyl (C=O) groups is 3. The lowest BCUT2D eigenvalue weighted by Gasteiger charge is -2.39. The van der Waals surface area contributed by atoms with Crippen LogP contribution in [0.3, 0.4) is 0 Å². The summed E-state index contributed by atoms with van der Waals surface area (Å²) in [5.41, 5.74) is 4.81. The first-order valence-corrected chi connectivity index (χ1v) is 14.4. The number of nitrogens with one attached hydrogen (secondary N) is 1. The number of ketones is 1. The molecule has 218 valence electrons. The van der Waals surface area contributed by atoms with Crippen molar-refractivity contribution in [1.82, 2.24) is 5.32 Å². The van der Waals surface area contributed by atoms with E-state index in [0.717, 1.165) is 29.9 Å². The Morgan fingerprint density at radius 2 is 1.51 bits per heavy atom. The zero-order chi connectivity index (χ0) is 29.7. The summed E-state index contributed by atoms with van der Waals surface area (Å²) < 4.78 is 16.2. The summed E-state index contributed by atoms with van der Waals surface area (Å²) in [4.78, 5) is 43.4. The SMILES string of the molecule is CCOC(=O)C1=C(C)NC2=C(C(=O)[C@H](C(=O)OCC)[C@H](c3ccc(OC)cc3)C2)[C@H]1c1ccc(N(CC)CC)cc1. The second-order valence-corrected chi connectivity index (χ2v) is 10.2. The predicted molar refractivity (Wildman–Crippen MR) is 158 cm³/mol. The Bertz CT molecular complexity index is 1340. The van der Waals surface area contributed by atoms with Crippen molar-refractivity contribution < 1.29 is 28.6 Å². The lowest BCUT2D eigenvalue weighted by Crippen LogP contribution is -2.43. The summed E-state index contributed by atoms with van der Waals surface area (Å²) in [5.74, 6) is -2.89. The van der Waals surface area contributed by atoms with Gasteiger partial charge >= 0.3 is 11.9 Å². The molecule has 1 N–H and O–H groups in total. The third-order valence-electron chi connectivity index (χ3n) is 7.95. The normalized spacial score (nSPS) is 20.2. The van der Waals surface area contributed by atoms with Crippen LogP contribution in [0.1, 0.15) is 64.0 Å². The summed E-state index contributed by atoms with van der Waals surface area (Å²) in [6.07, 6.45) is 0.401. The smallest absolute Gasteiger partial charge is 0.336 e. The standard InChI is InChI=1S/C33H40N2O6/c1-7-35(8-2)23-15-11-22(12-16-23)28-27(32(37)40-9-3)20(5)34-26-19-25(21-13-17-24(39-6)18-14-21)29(31(36)30(26)28)33(38)41-10-4/h11-18,25,28-29,34H,7-10,19H2,1-6H3/t25-,28-,29+/m0/s1. The molecule has 41 heavy (non-hydrogen) atoms. The molecule has 1 heterocycles. The number of esters is 2. The molecule has 0 radical (unpaired) electrons. The van der Waals surface area contributed by atoms with Gasteiger partial charge < -0.3 is 24.4 Å².